The number of anilines is 2. The number of hydrogen-bond acceptors (Lipinski definition) is 1. The van der Waals surface area contributed by atoms with Gasteiger partial charge < -0.3 is 5.32 Å². The molecule has 0 aromatic heterocycles. The van der Waals surface area contributed by atoms with Gasteiger partial charge in [-0.15, -0.1) is 0 Å². The molecule has 0 atom stereocenters. The van der Waals surface area contributed by atoms with Crippen LogP contribution in [0.25, 0.3) is 0 Å². The predicted molar refractivity (Wildman–Crippen MR) is 61.9 cm³/mol. The van der Waals surface area contributed by atoms with E-state index >= 15 is 0 Å². The van der Waals surface area contributed by atoms with E-state index in [1.54, 1.807) is 0 Å². The van der Waals surface area contributed by atoms with Crippen LogP contribution >= 0.6 is 0 Å². The Morgan fingerprint density at radius 3 is 1.29 bits per heavy atom. The SMILES string of the molecule is [K].c1ccc(Nc2ccccc2)cc1. The van der Waals surface area contributed by atoms with Crippen molar-refractivity contribution in [2.75, 3.05) is 5.32 Å². The van der Waals surface area contributed by atoms with E-state index < -0.39 is 0 Å². The summed E-state index contributed by atoms with van der Waals surface area (Å²) in [5.74, 6) is 0. The quantitative estimate of drug-likeness (QED) is 0.748. The van der Waals surface area contributed by atoms with Crippen LogP contribution < -0.4 is 5.32 Å². The van der Waals surface area contributed by atoms with Crippen molar-refractivity contribution in [3.05, 3.63) is 60.7 Å². The second kappa shape index (κ2) is 6.38. The van der Waals surface area contributed by atoms with Gasteiger partial charge in [0.25, 0.3) is 0 Å². The van der Waals surface area contributed by atoms with Crippen molar-refractivity contribution in [1.82, 2.24) is 0 Å². The first-order valence-electron chi connectivity index (χ1n) is 4.32. The number of benzene rings is 2. The van der Waals surface area contributed by atoms with Crippen LogP contribution in [0.3, 0.4) is 0 Å². The van der Waals surface area contributed by atoms with Gasteiger partial charge in [0.1, 0.15) is 0 Å². The minimum Gasteiger partial charge on any atom is -0.356 e. The van der Waals surface area contributed by atoms with Gasteiger partial charge in [0, 0.05) is 62.8 Å². The summed E-state index contributed by atoms with van der Waals surface area (Å²) in [7, 11) is 0. The van der Waals surface area contributed by atoms with Gasteiger partial charge in [-0.2, -0.15) is 0 Å². The number of para-hydroxylation sites is 2. The van der Waals surface area contributed by atoms with Crippen molar-refractivity contribution in [3.8, 4) is 0 Å². The molecule has 2 aromatic rings. The fourth-order valence-corrected chi connectivity index (χ4v) is 1.21. The Morgan fingerprint density at radius 1 is 0.571 bits per heavy atom. The molecule has 2 rings (SSSR count). The van der Waals surface area contributed by atoms with E-state index in [0.717, 1.165) is 11.4 Å². The number of hydrogen-bond donors (Lipinski definition) is 1. The van der Waals surface area contributed by atoms with Gasteiger partial charge in [-0.25, -0.2) is 0 Å². The summed E-state index contributed by atoms with van der Waals surface area (Å²) < 4.78 is 0. The Labute approximate surface area is 127 Å². The summed E-state index contributed by atoms with van der Waals surface area (Å²) in [5.41, 5.74) is 2.24. The van der Waals surface area contributed by atoms with Crippen LogP contribution in [-0.2, 0) is 0 Å². The molecule has 0 heterocycles. The van der Waals surface area contributed by atoms with E-state index in [1.807, 2.05) is 60.7 Å². The van der Waals surface area contributed by atoms with Gasteiger partial charge in [0.05, 0.1) is 0 Å². The molecule has 1 nitrogen and oxygen atoms in total. The maximum absolute atomic E-state index is 3.30. The predicted octanol–water partition coefficient (Wildman–Crippen LogP) is 3.05. The van der Waals surface area contributed by atoms with Crippen molar-refractivity contribution >= 4 is 62.8 Å². The number of rotatable bonds is 2. The van der Waals surface area contributed by atoms with Crippen molar-refractivity contribution in [2.45, 2.75) is 0 Å². The average Bonchev–Trinajstić information content (AvgIpc) is 2.21. The zero-order valence-corrected chi connectivity index (χ0v) is 11.4. The standard InChI is InChI=1S/C12H11N.K/c1-3-7-11(8-4-1)13-12-9-5-2-6-10-12;/h1-10,13H;. The van der Waals surface area contributed by atoms with Crippen molar-refractivity contribution in [2.24, 2.45) is 0 Å². The maximum atomic E-state index is 3.30. The summed E-state index contributed by atoms with van der Waals surface area (Å²) in [6.07, 6.45) is 0. The monoisotopic (exact) mass is 208 g/mol. The molecular weight excluding hydrogens is 197 g/mol. The second-order valence-corrected chi connectivity index (χ2v) is 2.86. The largest absolute Gasteiger partial charge is 0.356 e. The zero-order chi connectivity index (χ0) is 8.93. The van der Waals surface area contributed by atoms with Crippen LogP contribution in [-0.4, -0.2) is 51.4 Å². The average molecular weight is 208 g/mol. The fourth-order valence-electron chi connectivity index (χ4n) is 1.21. The molecule has 0 unspecified atom stereocenters. The van der Waals surface area contributed by atoms with Crippen molar-refractivity contribution in [1.29, 1.82) is 0 Å². The smallest absolute Gasteiger partial charge is 0.0384 e. The van der Waals surface area contributed by atoms with Crippen LogP contribution in [0.5, 0.6) is 0 Å². The molecule has 0 bridgehead atoms. The van der Waals surface area contributed by atoms with Crippen LogP contribution in [0.15, 0.2) is 60.7 Å². The van der Waals surface area contributed by atoms with Gasteiger partial charge in [-0.1, -0.05) is 36.4 Å². The molecule has 2 heteroatoms. The summed E-state index contributed by atoms with van der Waals surface area (Å²) in [4.78, 5) is 0. The van der Waals surface area contributed by atoms with Crippen LogP contribution in [0.2, 0.25) is 0 Å². The molecule has 2 aromatic carbocycles. The molecule has 1 N–H and O–H groups in total. The summed E-state index contributed by atoms with van der Waals surface area (Å²) in [6, 6.07) is 20.3. The molecule has 0 amide bonds. The third-order valence-corrected chi connectivity index (χ3v) is 1.84. The topological polar surface area (TPSA) is 12.0 Å². The van der Waals surface area contributed by atoms with Crippen LogP contribution in [0, 0.1) is 0 Å². The molecule has 0 fully saturated rings. The molecule has 0 aliphatic carbocycles. The summed E-state index contributed by atoms with van der Waals surface area (Å²) in [5, 5.41) is 3.30. The van der Waals surface area contributed by atoms with Gasteiger partial charge in [0.15, 0.2) is 0 Å². The Bertz CT molecular complexity index is 321. The molecule has 14 heavy (non-hydrogen) atoms. The van der Waals surface area contributed by atoms with Gasteiger partial charge in [0.2, 0.25) is 0 Å². The van der Waals surface area contributed by atoms with Crippen LogP contribution in [0.1, 0.15) is 0 Å². The molecule has 0 saturated heterocycles. The third kappa shape index (κ3) is 3.56. The first-order valence-corrected chi connectivity index (χ1v) is 4.32. The first kappa shape index (κ1) is 11.9. The fraction of sp³-hybridized carbons (Fsp3) is 0. The minimum atomic E-state index is 0. The van der Waals surface area contributed by atoms with E-state index in [2.05, 4.69) is 5.32 Å². The number of nitrogens with one attached hydrogen (secondary N) is 1. The van der Waals surface area contributed by atoms with E-state index in [1.165, 1.54) is 0 Å². The Balaban J connectivity index is 0.000000980. The molecule has 0 aliphatic heterocycles. The third-order valence-electron chi connectivity index (χ3n) is 1.84. The molecule has 0 aliphatic rings. The molecular formula is C12H11KN. The molecule has 0 spiro atoms. The Kier molecular flexibility index (Phi) is 5.44. The second-order valence-electron chi connectivity index (χ2n) is 2.86. The molecule has 65 valence electrons. The van der Waals surface area contributed by atoms with E-state index in [-0.39, 0.29) is 51.4 Å². The minimum absolute atomic E-state index is 0. The van der Waals surface area contributed by atoms with E-state index in [4.69, 9.17) is 0 Å². The van der Waals surface area contributed by atoms with Crippen LogP contribution in [0.4, 0.5) is 11.4 Å². The normalized spacial score (nSPS) is 8.86. The summed E-state index contributed by atoms with van der Waals surface area (Å²) >= 11 is 0. The van der Waals surface area contributed by atoms with E-state index in [0.29, 0.717) is 0 Å². The first-order chi connectivity index (χ1) is 6.45. The molecule has 0 saturated carbocycles. The summed E-state index contributed by atoms with van der Waals surface area (Å²) in [6.45, 7) is 0. The van der Waals surface area contributed by atoms with E-state index in [9.17, 15) is 0 Å². The van der Waals surface area contributed by atoms with Gasteiger partial charge in [-0.3, -0.25) is 0 Å². The maximum Gasteiger partial charge on any atom is 0.0384 e. The van der Waals surface area contributed by atoms with Gasteiger partial charge in [-0.05, 0) is 24.3 Å². The van der Waals surface area contributed by atoms with Gasteiger partial charge >= 0.3 is 0 Å². The van der Waals surface area contributed by atoms with Crippen molar-refractivity contribution < 1.29 is 0 Å². The Morgan fingerprint density at radius 2 is 0.929 bits per heavy atom. The van der Waals surface area contributed by atoms with Crippen molar-refractivity contribution in [3.63, 3.8) is 0 Å². The zero-order valence-electron chi connectivity index (χ0n) is 8.27. The molecule has 1 radical (unpaired) electrons. The Hall–Kier alpha value is -0.124.